The minimum Gasteiger partial charge on any atom is -0.385 e. The number of aliphatic hydroxyl groups is 1. The maximum atomic E-state index is 11.1. The molecule has 0 aromatic heterocycles. The molecule has 2 rings (SSSR count). The van der Waals surface area contributed by atoms with Crippen LogP contribution in [-0.2, 0) is 5.60 Å². The standard InChI is InChI=1S/C16H22BrClO/c1-3-11-6-4-5-7-13(11)16(2,19)14-9-8-12(17)10-15(14)18/h8-11,13,19H,3-7H2,1-2H3. The minimum absolute atomic E-state index is 0.310. The molecular weight excluding hydrogens is 324 g/mol. The summed E-state index contributed by atoms with van der Waals surface area (Å²) in [6.07, 6.45) is 5.96. The fourth-order valence-corrected chi connectivity index (χ4v) is 4.40. The first-order valence-corrected chi connectivity index (χ1v) is 8.31. The van der Waals surface area contributed by atoms with Crippen molar-refractivity contribution in [1.29, 1.82) is 0 Å². The van der Waals surface area contributed by atoms with Gasteiger partial charge in [0.05, 0.1) is 5.60 Å². The van der Waals surface area contributed by atoms with Crippen molar-refractivity contribution in [3.05, 3.63) is 33.3 Å². The average molecular weight is 346 g/mol. The maximum absolute atomic E-state index is 11.1. The Kier molecular flexibility index (Phi) is 4.97. The van der Waals surface area contributed by atoms with Crippen molar-refractivity contribution in [2.75, 3.05) is 0 Å². The van der Waals surface area contributed by atoms with Crippen molar-refractivity contribution in [2.24, 2.45) is 11.8 Å². The molecule has 0 amide bonds. The molecule has 0 radical (unpaired) electrons. The summed E-state index contributed by atoms with van der Waals surface area (Å²) in [6.45, 7) is 4.16. The SMILES string of the molecule is CCC1CCCCC1C(C)(O)c1ccc(Br)cc1Cl. The van der Waals surface area contributed by atoms with Gasteiger partial charge in [-0.3, -0.25) is 0 Å². The predicted octanol–water partition coefficient (Wildman–Crippen LogP) is 5.53. The smallest absolute Gasteiger partial charge is 0.0913 e. The molecule has 19 heavy (non-hydrogen) atoms. The third-order valence-corrected chi connectivity index (χ3v) is 5.44. The van der Waals surface area contributed by atoms with Gasteiger partial charge in [0.15, 0.2) is 0 Å². The van der Waals surface area contributed by atoms with Crippen molar-refractivity contribution in [1.82, 2.24) is 0 Å². The Hall–Kier alpha value is -0.0500. The lowest BCUT2D eigenvalue weighted by Gasteiger charge is -2.41. The Balaban J connectivity index is 2.34. The molecule has 1 nitrogen and oxygen atoms in total. The molecular formula is C16H22BrClO. The van der Waals surface area contributed by atoms with Gasteiger partial charge in [-0.2, -0.15) is 0 Å². The van der Waals surface area contributed by atoms with Crippen LogP contribution in [0.1, 0.15) is 51.5 Å². The van der Waals surface area contributed by atoms with E-state index in [9.17, 15) is 5.11 Å². The van der Waals surface area contributed by atoms with E-state index in [1.807, 2.05) is 25.1 Å². The van der Waals surface area contributed by atoms with Crippen LogP contribution >= 0.6 is 27.5 Å². The van der Waals surface area contributed by atoms with Gasteiger partial charge in [0.2, 0.25) is 0 Å². The molecule has 3 unspecified atom stereocenters. The minimum atomic E-state index is -0.834. The quantitative estimate of drug-likeness (QED) is 0.764. The summed E-state index contributed by atoms with van der Waals surface area (Å²) < 4.78 is 0.952. The Morgan fingerprint density at radius 3 is 2.68 bits per heavy atom. The van der Waals surface area contributed by atoms with Gasteiger partial charge in [0.1, 0.15) is 0 Å². The molecule has 1 saturated carbocycles. The van der Waals surface area contributed by atoms with Gasteiger partial charge >= 0.3 is 0 Å². The monoisotopic (exact) mass is 344 g/mol. The van der Waals surface area contributed by atoms with Gasteiger partial charge in [-0.15, -0.1) is 0 Å². The summed E-state index contributed by atoms with van der Waals surface area (Å²) in [7, 11) is 0. The second-order valence-corrected chi connectivity index (χ2v) is 7.15. The highest BCUT2D eigenvalue weighted by molar-refractivity contribution is 9.10. The first-order chi connectivity index (χ1) is 8.96. The Bertz CT molecular complexity index is 444. The molecule has 0 heterocycles. The first kappa shape index (κ1) is 15.3. The number of hydrogen-bond donors (Lipinski definition) is 1. The summed E-state index contributed by atoms with van der Waals surface area (Å²) in [5.41, 5.74) is 0.0292. The molecule has 3 atom stereocenters. The fraction of sp³-hybridized carbons (Fsp3) is 0.625. The van der Waals surface area contributed by atoms with Gasteiger partial charge in [0, 0.05) is 15.1 Å². The Labute approximate surface area is 129 Å². The lowest BCUT2D eigenvalue weighted by molar-refractivity contribution is -0.0488. The molecule has 3 heteroatoms. The summed E-state index contributed by atoms with van der Waals surface area (Å²) in [6, 6.07) is 5.78. The molecule has 1 aliphatic carbocycles. The van der Waals surface area contributed by atoms with Gasteiger partial charge in [-0.1, -0.05) is 66.2 Å². The molecule has 0 bridgehead atoms. The highest BCUT2D eigenvalue weighted by Crippen LogP contribution is 2.45. The van der Waals surface area contributed by atoms with Crippen molar-refractivity contribution >= 4 is 27.5 Å². The van der Waals surface area contributed by atoms with Gasteiger partial charge in [0.25, 0.3) is 0 Å². The molecule has 0 saturated heterocycles. The summed E-state index contributed by atoms with van der Waals surface area (Å²) in [4.78, 5) is 0. The van der Waals surface area contributed by atoms with Crippen LogP contribution in [0.3, 0.4) is 0 Å². The van der Waals surface area contributed by atoms with Crippen LogP contribution in [0.25, 0.3) is 0 Å². The zero-order chi connectivity index (χ0) is 14.0. The predicted molar refractivity (Wildman–Crippen MR) is 84.5 cm³/mol. The molecule has 106 valence electrons. The van der Waals surface area contributed by atoms with E-state index in [1.165, 1.54) is 19.3 Å². The van der Waals surface area contributed by atoms with E-state index >= 15 is 0 Å². The topological polar surface area (TPSA) is 20.2 Å². The van der Waals surface area contributed by atoms with Crippen LogP contribution in [0.2, 0.25) is 5.02 Å². The van der Waals surface area contributed by atoms with Crippen LogP contribution in [0.15, 0.2) is 22.7 Å². The largest absolute Gasteiger partial charge is 0.385 e. The zero-order valence-corrected chi connectivity index (χ0v) is 14.0. The summed E-state index contributed by atoms with van der Waals surface area (Å²) in [5, 5.41) is 11.7. The zero-order valence-electron chi connectivity index (χ0n) is 11.6. The third kappa shape index (κ3) is 3.17. The summed E-state index contributed by atoms with van der Waals surface area (Å²) >= 11 is 9.75. The Morgan fingerprint density at radius 1 is 1.37 bits per heavy atom. The van der Waals surface area contributed by atoms with Crippen LogP contribution in [-0.4, -0.2) is 5.11 Å². The third-order valence-electron chi connectivity index (χ3n) is 4.63. The summed E-state index contributed by atoms with van der Waals surface area (Å²) in [5.74, 6) is 0.911. The highest BCUT2D eigenvalue weighted by Gasteiger charge is 2.40. The number of benzene rings is 1. The average Bonchev–Trinajstić information content (AvgIpc) is 2.38. The van der Waals surface area contributed by atoms with Gasteiger partial charge in [-0.05, 0) is 37.3 Å². The van der Waals surface area contributed by atoms with E-state index in [2.05, 4.69) is 22.9 Å². The van der Waals surface area contributed by atoms with E-state index in [-0.39, 0.29) is 0 Å². The number of halogens is 2. The number of rotatable bonds is 3. The molecule has 1 aromatic rings. The first-order valence-electron chi connectivity index (χ1n) is 7.14. The maximum Gasteiger partial charge on any atom is 0.0913 e. The van der Waals surface area contributed by atoms with Crippen LogP contribution in [0.4, 0.5) is 0 Å². The lowest BCUT2D eigenvalue weighted by atomic mass is 9.67. The van der Waals surface area contributed by atoms with Gasteiger partial charge < -0.3 is 5.11 Å². The van der Waals surface area contributed by atoms with E-state index in [1.54, 1.807) is 0 Å². The lowest BCUT2D eigenvalue weighted by Crippen LogP contribution is -2.38. The van der Waals surface area contributed by atoms with E-state index in [0.29, 0.717) is 16.9 Å². The van der Waals surface area contributed by atoms with E-state index in [0.717, 1.165) is 22.9 Å². The molecule has 1 fully saturated rings. The van der Waals surface area contributed by atoms with Gasteiger partial charge in [-0.25, -0.2) is 0 Å². The van der Waals surface area contributed by atoms with Crippen molar-refractivity contribution < 1.29 is 5.11 Å². The molecule has 0 spiro atoms. The van der Waals surface area contributed by atoms with Crippen molar-refractivity contribution in [2.45, 2.75) is 51.6 Å². The molecule has 1 N–H and O–H groups in total. The highest BCUT2D eigenvalue weighted by atomic mass is 79.9. The van der Waals surface area contributed by atoms with Crippen LogP contribution < -0.4 is 0 Å². The Morgan fingerprint density at radius 2 is 2.05 bits per heavy atom. The van der Waals surface area contributed by atoms with E-state index in [4.69, 9.17) is 11.6 Å². The number of hydrogen-bond acceptors (Lipinski definition) is 1. The van der Waals surface area contributed by atoms with E-state index < -0.39 is 5.60 Å². The fourth-order valence-electron chi connectivity index (χ4n) is 3.54. The molecule has 1 aliphatic rings. The van der Waals surface area contributed by atoms with Crippen molar-refractivity contribution in [3.63, 3.8) is 0 Å². The second-order valence-electron chi connectivity index (χ2n) is 5.83. The molecule has 1 aromatic carbocycles. The van der Waals surface area contributed by atoms with Crippen LogP contribution in [0, 0.1) is 11.8 Å². The van der Waals surface area contributed by atoms with Crippen molar-refractivity contribution in [3.8, 4) is 0 Å². The second kappa shape index (κ2) is 6.15. The normalized spacial score (nSPS) is 27.0. The molecule has 0 aliphatic heterocycles. The van der Waals surface area contributed by atoms with Crippen LogP contribution in [0.5, 0.6) is 0 Å².